The van der Waals surface area contributed by atoms with Crippen LogP contribution in [0.5, 0.6) is 17.2 Å². The third-order valence-corrected chi connectivity index (χ3v) is 5.28. The molecule has 3 rings (SSSR count). The number of carbonyl (C=O) groups excluding carboxylic acids is 2. The quantitative estimate of drug-likeness (QED) is 0.610. The Bertz CT molecular complexity index is 1080. The second-order valence-electron chi connectivity index (χ2n) is 10.3. The highest BCUT2D eigenvalue weighted by atomic mass is 16.7. The zero-order chi connectivity index (χ0) is 25.3. The number of esters is 1. The number of rotatable bonds is 5. The molecule has 0 radical (unpaired) electrons. The predicted molar refractivity (Wildman–Crippen MR) is 127 cm³/mol. The van der Waals surface area contributed by atoms with Crippen LogP contribution in [0.1, 0.15) is 52.7 Å². The van der Waals surface area contributed by atoms with Crippen molar-refractivity contribution < 1.29 is 33.6 Å². The minimum Gasteiger partial charge on any atom is -0.507 e. The van der Waals surface area contributed by atoms with Crippen molar-refractivity contribution in [2.75, 3.05) is 13.9 Å². The van der Waals surface area contributed by atoms with Crippen LogP contribution in [-0.2, 0) is 26.1 Å². The summed E-state index contributed by atoms with van der Waals surface area (Å²) in [6, 6.07) is 8.12. The molecule has 34 heavy (non-hydrogen) atoms. The van der Waals surface area contributed by atoms with Crippen molar-refractivity contribution in [3.63, 3.8) is 0 Å². The van der Waals surface area contributed by atoms with Gasteiger partial charge in [0.2, 0.25) is 6.79 Å². The van der Waals surface area contributed by atoms with E-state index in [1.807, 2.05) is 39.0 Å². The summed E-state index contributed by atoms with van der Waals surface area (Å²) in [5.41, 5.74) is 1.67. The lowest BCUT2D eigenvalue weighted by atomic mass is 9.82. The molecule has 2 aromatic carbocycles. The number of ether oxygens (including phenoxy) is 4. The van der Waals surface area contributed by atoms with E-state index in [0.29, 0.717) is 22.6 Å². The predicted octanol–water partition coefficient (Wildman–Crippen LogP) is 4.69. The second kappa shape index (κ2) is 9.44. The zero-order valence-corrected chi connectivity index (χ0v) is 20.8. The Morgan fingerprint density at radius 3 is 2.35 bits per heavy atom. The molecular weight excluding hydrogens is 438 g/mol. The lowest BCUT2D eigenvalue weighted by Crippen LogP contribution is -2.45. The Morgan fingerprint density at radius 1 is 1.06 bits per heavy atom. The molecule has 0 aliphatic carbocycles. The van der Waals surface area contributed by atoms with Crippen molar-refractivity contribution in [3.05, 3.63) is 41.5 Å². The Labute approximate surface area is 200 Å². The van der Waals surface area contributed by atoms with E-state index in [4.69, 9.17) is 18.9 Å². The van der Waals surface area contributed by atoms with Gasteiger partial charge in [-0.3, -0.25) is 0 Å². The first-order valence-corrected chi connectivity index (χ1v) is 11.1. The van der Waals surface area contributed by atoms with Crippen molar-refractivity contribution in [1.82, 2.24) is 5.32 Å². The number of amides is 1. The van der Waals surface area contributed by atoms with Gasteiger partial charge in [-0.15, -0.1) is 0 Å². The minimum absolute atomic E-state index is 0.143. The molecule has 1 aliphatic heterocycles. The van der Waals surface area contributed by atoms with Gasteiger partial charge in [0.15, 0.2) is 11.5 Å². The van der Waals surface area contributed by atoms with Crippen molar-refractivity contribution in [2.24, 2.45) is 0 Å². The Balaban J connectivity index is 2.01. The van der Waals surface area contributed by atoms with E-state index in [9.17, 15) is 14.7 Å². The molecule has 184 valence electrons. The van der Waals surface area contributed by atoms with Crippen molar-refractivity contribution in [3.8, 4) is 28.4 Å². The first kappa shape index (κ1) is 25.2. The smallest absolute Gasteiger partial charge is 0.408 e. The van der Waals surface area contributed by atoms with Crippen LogP contribution in [-0.4, -0.2) is 42.7 Å². The highest BCUT2D eigenvalue weighted by molar-refractivity contribution is 5.82. The lowest BCUT2D eigenvalue weighted by Gasteiger charge is -2.25. The normalized spacial score (nSPS) is 13.9. The number of fused-ring (bicyclic) bond motifs is 1. The van der Waals surface area contributed by atoms with E-state index in [-0.39, 0.29) is 24.4 Å². The van der Waals surface area contributed by atoms with Gasteiger partial charge in [0.25, 0.3) is 0 Å². The molecule has 0 saturated carbocycles. The largest absolute Gasteiger partial charge is 0.507 e. The van der Waals surface area contributed by atoms with Crippen LogP contribution < -0.4 is 14.8 Å². The molecule has 2 aromatic rings. The van der Waals surface area contributed by atoms with Gasteiger partial charge in [-0.1, -0.05) is 32.9 Å². The van der Waals surface area contributed by atoms with Crippen LogP contribution in [0.2, 0.25) is 0 Å². The number of alkyl carbamates (subject to hydrolysis) is 1. The highest BCUT2D eigenvalue weighted by Gasteiger charge is 2.28. The summed E-state index contributed by atoms with van der Waals surface area (Å²) in [6.45, 7) is 11.4. The van der Waals surface area contributed by atoms with Gasteiger partial charge in [0, 0.05) is 17.5 Å². The molecule has 0 bridgehead atoms. The topological polar surface area (TPSA) is 103 Å². The molecule has 8 heteroatoms. The maximum absolute atomic E-state index is 12.5. The molecular formula is C26H33NO7. The minimum atomic E-state index is -0.971. The fourth-order valence-electron chi connectivity index (χ4n) is 3.69. The fourth-order valence-corrected chi connectivity index (χ4v) is 3.69. The number of benzene rings is 2. The van der Waals surface area contributed by atoms with E-state index in [1.165, 1.54) is 7.11 Å². The molecule has 2 N–H and O–H groups in total. The number of carbonyl (C=O) groups is 2. The van der Waals surface area contributed by atoms with Crippen LogP contribution in [0, 0.1) is 0 Å². The molecule has 0 aromatic heterocycles. The van der Waals surface area contributed by atoms with Gasteiger partial charge in [-0.25, -0.2) is 9.59 Å². The standard InChI is InChI=1S/C26H33NO7/c1-25(2,3)18-11-15(12-19(23(29)31-7)27-24(30)34-26(4,5)6)10-17(22(18)28)16-8-9-20-21(13-16)33-14-32-20/h8-11,13,19,28H,12,14H2,1-7H3,(H,27,30). The third-order valence-electron chi connectivity index (χ3n) is 5.28. The summed E-state index contributed by atoms with van der Waals surface area (Å²) < 4.78 is 21.1. The van der Waals surface area contributed by atoms with Gasteiger partial charge in [0.05, 0.1) is 7.11 Å². The van der Waals surface area contributed by atoms with Gasteiger partial charge >= 0.3 is 12.1 Å². The maximum atomic E-state index is 12.5. The molecule has 0 saturated heterocycles. The van der Waals surface area contributed by atoms with Crippen molar-refractivity contribution >= 4 is 12.1 Å². The van der Waals surface area contributed by atoms with Crippen LogP contribution in [0.15, 0.2) is 30.3 Å². The molecule has 1 unspecified atom stereocenters. The third kappa shape index (κ3) is 5.92. The number of phenols is 1. The summed E-state index contributed by atoms with van der Waals surface area (Å²) in [5.74, 6) is 0.784. The monoisotopic (exact) mass is 471 g/mol. The Hall–Kier alpha value is -3.42. The van der Waals surface area contributed by atoms with E-state index in [0.717, 1.165) is 11.1 Å². The summed E-state index contributed by atoms with van der Waals surface area (Å²) in [4.78, 5) is 24.8. The number of nitrogens with one attached hydrogen (secondary N) is 1. The van der Waals surface area contributed by atoms with Gasteiger partial charge < -0.3 is 29.4 Å². The molecule has 0 spiro atoms. The van der Waals surface area contributed by atoms with Crippen LogP contribution in [0.3, 0.4) is 0 Å². The molecule has 1 heterocycles. The van der Waals surface area contributed by atoms with Gasteiger partial charge in [0.1, 0.15) is 17.4 Å². The van der Waals surface area contributed by atoms with Crippen LogP contribution >= 0.6 is 0 Å². The molecule has 0 fully saturated rings. The van der Waals surface area contributed by atoms with Crippen molar-refractivity contribution in [1.29, 1.82) is 0 Å². The number of aromatic hydroxyl groups is 1. The highest BCUT2D eigenvalue weighted by Crippen LogP contribution is 2.43. The average Bonchev–Trinajstić information content (AvgIpc) is 3.19. The van der Waals surface area contributed by atoms with Gasteiger partial charge in [-0.05, 0) is 55.5 Å². The van der Waals surface area contributed by atoms with E-state index in [1.54, 1.807) is 32.9 Å². The Kier molecular flexibility index (Phi) is 7.00. The first-order valence-electron chi connectivity index (χ1n) is 11.1. The number of phenolic OH excluding ortho intramolecular Hbond substituents is 1. The number of methoxy groups -OCH3 is 1. The molecule has 8 nitrogen and oxygen atoms in total. The maximum Gasteiger partial charge on any atom is 0.408 e. The summed E-state index contributed by atoms with van der Waals surface area (Å²) >= 11 is 0. The molecule has 1 atom stereocenters. The summed E-state index contributed by atoms with van der Waals surface area (Å²) in [7, 11) is 1.27. The Morgan fingerprint density at radius 2 is 1.74 bits per heavy atom. The van der Waals surface area contributed by atoms with Crippen molar-refractivity contribution in [2.45, 2.75) is 65.0 Å². The first-order chi connectivity index (χ1) is 15.8. The van der Waals surface area contributed by atoms with Crippen LogP contribution in [0.25, 0.3) is 11.1 Å². The summed E-state index contributed by atoms with van der Waals surface area (Å²) in [6.07, 6.45) is -0.568. The van der Waals surface area contributed by atoms with E-state index >= 15 is 0 Å². The number of hydrogen-bond donors (Lipinski definition) is 2. The summed E-state index contributed by atoms with van der Waals surface area (Å²) in [5, 5.41) is 13.8. The number of hydrogen-bond acceptors (Lipinski definition) is 7. The molecule has 1 aliphatic rings. The average molecular weight is 472 g/mol. The lowest BCUT2D eigenvalue weighted by molar-refractivity contribution is -0.143. The van der Waals surface area contributed by atoms with E-state index in [2.05, 4.69) is 5.32 Å². The SMILES string of the molecule is COC(=O)C(Cc1cc(-c2ccc3c(c2)OCO3)c(O)c(C(C)(C)C)c1)NC(=O)OC(C)(C)C. The molecule has 1 amide bonds. The fraction of sp³-hybridized carbons (Fsp3) is 0.462. The zero-order valence-electron chi connectivity index (χ0n) is 20.8. The van der Waals surface area contributed by atoms with E-state index < -0.39 is 23.7 Å². The van der Waals surface area contributed by atoms with Gasteiger partial charge in [-0.2, -0.15) is 0 Å². The second-order valence-corrected chi connectivity index (χ2v) is 10.3. The van der Waals surface area contributed by atoms with Crippen LogP contribution in [0.4, 0.5) is 4.79 Å².